The quantitative estimate of drug-likeness (QED) is 0.480. The predicted molar refractivity (Wildman–Crippen MR) is 79.3 cm³/mol. The fourth-order valence-corrected chi connectivity index (χ4v) is 2.18. The molecule has 0 spiro atoms. The Hall–Kier alpha value is -2.50. The van der Waals surface area contributed by atoms with Crippen LogP contribution in [-0.2, 0) is 6.54 Å². The van der Waals surface area contributed by atoms with Gasteiger partial charge in [-0.05, 0) is 18.4 Å². The summed E-state index contributed by atoms with van der Waals surface area (Å²) in [7, 11) is 0. The summed E-state index contributed by atoms with van der Waals surface area (Å²) in [5.41, 5.74) is 2.39. The zero-order valence-electron chi connectivity index (χ0n) is 12.2. The maximum absolute atomic E-state index is 11.2. The molecule has 0 atom stereocenters. The summed E-state index contributed by atoms with van der Waals surface area (Å²) in [6, 6.07) is 4.58. The van der Waals surface area contributed by atoms with Crippen molar-refractivity contribution >= 4 is 12.0 Å². The molecule has 2 rings (SSSR count). The molecule has 110 valence electrons. The molecule has 0 aliphatic rings. The Morgan fingerprint density at radius 2 is 2.14 bits per heavy atom. The molecular weight excluding hydrogens is 270 g/mol. The second kappa shape index (κ2) is 5.87. The average Bonchev–Trinajstić information content (AvgIpc) is 2.80. The maximum atomic E-state index is 11.2. The third kappa shape index (κ3) is 3.16. The van der Waals surface area contributed by atoms with Gasteiger partial charge in [0.15, 0.2) is 6.29 Å². The minimum atomic E-state index is -0.450. The highest BCUT2D eigenvalue weighted by Gasteiger charge is 2.16. The van der Waals surface area contributed by atoms with Crippen molar-refractivity contribution in [2.24, 2.45) is 5.92 Å². The highest BCUT2D eigenvalue weighted by Crippen LogP contribution is 2.28. The molecule has 0 fully saturated rings. The Balaban J connectivity index is 2.55. The second-order valence-corrected chi connectivity index (χ2v) is 5.42. The number of nitro groups is 1. The van der Waals surface area contributed by atoms with Gasteiger partial charge in [0.05, 0.1) is 10.5 Å². The third-order valence-corrected chi connectivity index (χ3v) is 3.16. The molecule has 1 aromatic heterocycles. The summed E-state index contributed by atoms with van der Waals surface area (Å²) in [5, 5.41) is 15.3. The Morgan fingerprint density at radius 1 is 1.43 bits per heavy atom. The first-order valence-electron chi connectivity index (χ1n) is 6.70. The molecule has 2 aromatic rings. The first-order chi connectivity index (χ1) is 9.92. The molecule has 0 aliphatic heterocycles. The molecule has 0 bridgehead atoms. The van der Waals surface area contributed by atoms with Gasteiger partial charge in [0, 0.05) is 30.4 Å². The van der Waals surface area contributed by atoms with E-state index >= 15 is 0 Å². The van der Waals surface area contributed by atoms with E-state index < -0.39 is 4.92 Å². The number of nitrogens with zero attached hydrogens (tertiary/aromatic N) is 3. The van der Waals surface area contributed by atoms with Gasteiger partial charge in [-0.3, -0.25) is 19.6 Å². The number of nitro benzene ring substituents is 1. The predicted octanol–water partition coefficient (Wildman–Crippen LogP) is 3.24. The minimum absolute atomic E-state index is 0.00846. The molecule has 0 saturated heterocycles. The number of non-ortho nitro benzene ring substituents is 1. The van der Waals surface area contributed by atoms with E-state index in [0.717, 1.165) is 11.8 Å². The number of aldehydes is 1. The van der Waals surface area contributed by atoms with Gasteiger partial charge in [-0.15, -0.1) is 0 Å². The van der Waals surface area contributed by atoms with Crippen molar-refractivity contribution in [3.8, 4) is 11.3 Å². The van der Waals surface area contributed by atoms with Gasteiger partial charge < -0.3 is 0 Å². The topological polar surface area (TPSA) is 78.0 Å². The smallest absolute Gasteiger partial charge is 0.270 e. The second-order valence-electron chi connectivity index (χ2n) is 5.42. The SMILES string of the molecule is Cc1ccc([N+](=O)[O-])cc1-c1nn(CC(C)C)cc1C=O. The largest absolute Gasteiger partial charge is 0.298 e. The van der Waals surface area contributed by atoms with Crippen LogP contribution in [0.1, 0.15) is 29.8 Å². The summed E-state index contributed by atoms with van der Waals surface area (Å²) in [6.07, 6.45) is 2.41. The van der Waals surface area contributed by atoms with Crippen LogP contribution in [0.5, 0.6) is 0 Å². The van der Waals surface area contributed by atoms with Gasteiger partial charge in [-0.25, -0.2) is 0 Å². The molecule has 1 heterocycles. The number of benzene rings is 1. The number of aryl methyl sites for hydroxylation is 1. The van der Waals surface area contributed by atoms with Crippen LogP contribution in [0, 0.1) is 23.0 Å². The standard InChI is InChI=1S/C15H17N3O3/c1-10(2)7-17-8-12(9-19)15(16-17)14-6-13(18(20)21)5-4-11(14)3/h4-6,8-10H,7H2,1-3H3. The lowest BCUT2D eigenvalue weighted by Crippen LogP contribution is -2.04. The number of carbonyl (C=O) groups excluding carboxylic acids is 1. The maximum Gasteiger partial charge on any atom is 0.270 e. The summed E-state index contributed by atoms with van der Waals surface area (Å²) in [6.45, 7) is 6.64. The van der Waals surface area contributed by atoms with Gasteiger partial charge in [-0.2, -0.15) is 5.10 Å². The Labute approximate surface area is 122 Å². The molecule has 0 amide bonds. The molecule has 0 aliphatic carbocycles. The van der Waals surface area contributed by atoms with Gasteiger partial charge in [0.25, 0.3) is 5.69 Å². The molecule has 1 aromatic carbocycles. The lowest BCUT2D eigenvalue weighted by molar-refractivity contribution is -0.384. The molecular formula is C15H17N3O3. The molecule has 21 heavy (non-hydrogen) atoms. The molecule has 6 heteroatoms. The van der Waals surface area contributed by atoms with Crippen LogP contribution in [0.2, 0.25) is 0 Å². The zero-order chi connectivity index (χ0) is 15.6. The number of rotatable bonds is 5. The molecule has 0 radical (unpaired) electrons. The number of carbonyl (C=O) groups is 1. The van der Waals surface area contributed by atoms with Crippen LogP contribution >= 0.6 is 0 Å². The highest BCUT2D eigenvalue weighted by atomic mass is 16.6. The first-order valence-corrected chi connectivity index (χ1v) is 6.70. The normalized spacial score (nSPS) is 10.9. The van der Waals surface area contributed by atoms with Crippen molar-refractivity contribution in [1.29, 1.82) is 0 Å². The average molecular weight is 287 g/mol. The Kier molecular flexibility index (Phi) is 4.16. The van der Waals surface area contributed by atoms with E-state index in [1.807, 2.05) is 6.92 Å². The fraction of sp³-hybridized carbons (Fsp3) is 0.333. The van der Waals surface area contributed by atoms with E-state index in [2.05, 4.69) is 18.9 Å². The van der Waals surface area contributed by atoms with Crippen LogP contribution in [-0.4, -0.2) is 21.0 Å². The van der Waals surface area contributed by atoms with Gasteiger partial charge >= 0.3 is 0 Å². The van der Waals surface area contributed by atoms with E-state index in [1.54, 1.807) is 16.9 Å². The molecule has 0 N–H and O–H groups in total. The van der Waals surface area contributed by atoms with Crippen molar-refractivity contribution in [1.82, 2.24) is 9.78 Å². The monoisotopic (exact) mass is 287 g/mol. The first kappa shape index (κ1) is 14.9. The van der Waals surface area contributed by atoms with Crippen LogP contribution in [0.15, 0.2) is 24.4 Å². The van der Waals surface area contributed by atoms with Gasteiger partial charge in [0.2, 0.25) is 0 Å². The van der Waals surface area contributed by atoms with E-state index in [-0.39, 0.29) is 5.69 Å². The molecule has 0 saturated carbocycles. The molecule has 0 unspecified atom stereocenters. The third-order valence-electron chi connectivity index (χ3n) is 3.16. The zero-order valence-corrected chi connectivity index (χ0v) is 12.2. The van der Waals surface area contributed by atoms with Crippen molar-refractivity contribution in [3.05, 3.63) is 45.6 Å². The van der Waals surface area contributed by atoms with Crippen molar-refractivity contribution in [3.63, 3.8) is 0 Å². The number of aromatic nitrogens is 2. The molecule has 6 nitrogen and oxygen atoms in total. The summed E-state index contributed by atoms with van der Waals surface area (Å²) < 4.78 is 1.71. The summed E-state index contributed by atoms with van der Waals surface area (Å²) in [4.78, 5) is 21.7. The van der Waals surface area contributed by atoms with Crippen molar-refractivity contribution < 1.29 is 9.72 Å². The van der Waals surface area contributed by atoms with Crippen LogP contribution in [0.4, 0.5) is 5.69 Å². The van der Waals surface area contributed by atoms with E-state index in [1.165, 1.54) is 12.1 Å². The highest BCUT2D eigenvalue weighted by molar-refractivity contribution is 5.86. The van der Waals surface area contributed by atoms with Crippen molar-refractivity contribution in [2.45, 2.75) is 27.3 Å². The van der Waals surface area contributed by atoms with Gasteiger partial charge in [0.1, 0.15) is 5.69 Å². The summed E-state index contributed by atoms with van der Waals surface area (Å²) in [5.74, 6) is 0.392. The van der Waals surface area contributed by atoms with E-state index in [4.69, 9.17) is 0 Å². The van der Waals surface area contributed by atoms with E-state index in [0.29, 0.717) is 29.3 Å². The Morgan fingerprint density at radius 3 is 2.71 bits per heavy atom. The minimum Gasteiger partial charge on any atom is -0.298 e. The van der Waals surface area contributed by atoms with Crippen LogP contribution in [0.3, 0.4) is 0 Å². The fourth-order valence-electron chi connectivity index (χ4n) is 2.18. The number of hydrogen-bond acceptors (Lipinski definition) is 4. The van der Waals surface area contributed by atoms with Gasteiger partial charge in [-0.1, -0.05) is 19.9 Å². The van der Waals surface area contributed by atoms with Crippen LogP contribution < -0.4 is 0 Å². The number of hydrogen-bond donors (Lipinski definition) is 0. The van der Waals surface area contributed by atoms with Crippen molar-refractivity contribution in [2.75, 3.05) is 0 Å². The van der Waals surface area contributed by atoms with Crippen LogP contribution in [0.25, 0.3) is 11.3 Å². The lowest BCUT2D eigenvalue weighted by atomic mass is 10.0. The Bertz CT molecular complexity index is 689. The summed E-state index contributed by atoms with van der Waals surface area (Å²) >= 11 is 0. The van der Waals surface area contributed by atoms with E-state index in [9.17, 15) is 14.9 Å². The lowest BCUT2D eigenvalue weighted by Gasteiger charge is -2.05.